The van der Waals surface area contributed by atoms with E-state index >= 15 is 0 Å². The van der Waals surface area contributed by atoms with Gasteiger partial charge in [-0.1, -0.05) is 13.8 Å². The minimum atomic E-state index is 0. The van der Waals surface area contributed by atoms with Gasteiger partial charge in [0.05, 0.1) is 16.6 Å². The van der Waals surface area contributed by atoms with Crippen LogP contribution in [0, 0.1) is 5.92 Å². The minimum Gasteiger partial charge on any atom is -0.355 e. The van der Waals surface area contributed by atoms with E-state index in [1.165, 1.54) is 5.01 Å². The summed E-state index contributed by atoms with van der Waals surface area (Å²) in [4.78, 5) is 19.1. The molecule has 1 saturated heterocycles. The number of hydrogen-bond acceptors (Lipinski definition) is 5. The lowest BCUT2D eigenvalue weighted by Crippen LogP contribution is -2.43. The number of aromatic nitrogens is 1. The highest BCUT2D eigenvalue weighted by molar-refractivity contribution is 7.09. The number of hydrogen-bond donors (Lipinski definition) is 2. The predicted octanol–water partition coefficient (Wildman–Crippen LogP) is 2.40. The Kier molecular flexibility index (Phi) is 11.0. The molecule has 1 atom stereocenters. The molecule has 23 heavy (non-hydrogen) atoms. The summed E-state index contributed by atoms with van der Waals surface area (Å²) in [5.74, 6) is 0.722. The quantitative estimate of drug-likeness (QED) is 0.791. The monoisotopic (exact) mass is 382 g/mol. The fraction of sp³-hybridized carbons (Fsp3) is 0.733. The number of likely N-dealkylation sites (tertiary alicyclic amines) is 1. The number of nitrogens with zero attached hydrogens (tertiary/aromatic N) is 2. The molecule has 0 spiro atoms. The van der Waals surface area contributed by atoms with Crippen molar-refractivity contribution in [3.8, 4) is 0 Å². The molecule has 1 aliphatic rings. The lowest BCUT2D eigenvalue weighted by Gasteiger charge is -2.31. The number of carbonyl (C=O) groups is 1. The smallest absolute Gasteiger partial charge is 0.224 e. The first-order valence-electron chi connectivity index (χ1n) is 7.74. The molecule has 0 aliphatic carbocycles. The summed E-state index contributed by atoms with van der Waals surface area (Å²) >= 11 is 1.73. The SMILES string of the molecule is CC(C)c1nc(CN2CCCC(C(=O)NCCN)C2)cs1.Cl.Cl. The minimum absolute atomic E-state index is 0. The molecule has 0 saturated carbocycles. The molecule has 0 bridgehead atoms. The first-order chi connectivity index (χ1) is 10.1. The molecule has 1 aromatic rings. The Balaban J connectivity index is 0.00000242. The Labute approximate surface area is 155 Å². The van der Waals surface area contributed by atoms with Crippen molar-refractivity contribution in [3.05, 3.63) is 16.1 Å². The van der Waals surface area contributed by atoms with Crippen LogP contribution in [0.3, 0.4) is 0 Å². The summed E-state index contributed by atoms with van der Waals surface area (Å²) in [6, 6.07) is 0. The van der Waals surface area contributed by atoms with Gasteiger partial charge in [0.2, 0.25) is 5.91 Å². The summed E-state index contributed by atoms with van der Waals surface area (Å²) in [7, 11) is 0. The molecule has 1 amide bonds. The van der Waals surface area contributed by atoms with Crippen LogP contribution in [0.25, 0.3) is 0 Å². The van der Waals surface area contributed by atoms with E-state index in [2.05, 4.69) is 34.4 Å². The second-order valence-corrected chi connectivity index (χ2v) is 6.88. The molecular weight excluding hydrogens is 355 g/mol. The van der Waals surface area contributed by atoms with Crippen molar-refractivity contribution in [2.45, 2.75) is 39.2 Å². The van der Waals surface area contributed by atoms with Gasteiger partial charge < -0.3 is 11.1 Å². The predicted molar refractivity (Wildman–Crippen MR) is 101 cm³/mol. The van der Waals surface area contributed by atoms with Crippen LogP contribution >= 0.6 is 36.2 Å². The lowest BCUT2D eigenvalue weighted by molar-refractivity contribution is -0.126. The Morgan fingerprint density at radius 2 is 2.26 bits per heavy atom. The van der Waals surface area contributed by atoms with E-state index in [9.17, 15) is 4.79 Å². The molecule has 0 radical (unpaired) electrons. The van der Waals surface area contributed by atoms with Gasteiger partial charge in [0.25, 0.3) is 0 Å². The van der Waals surface area contributed by atoms with Crippen LogP contribution in [0.1, 0.15) is 43.3 Å². The van der Waals surface area contributed by atoms with E-state index in [4.69, 9.17) is 5.73 Å². The summed E-state index contributed by atoms with van der Waals surface area (Å²) in [5, 5.41) is 6.24. The fourth-order valence-corrected chi connectivity index (χ4v) is 3.47. The van der Waals surface area contributed by atoms with Crippen molar-refractivity contribution in [2.24, 2.45) is 11.7 Å². The Morgan fingerprint density at radius 1 is 1.52 bits per heavy atom. The highest BCUT2D eigenvalue weighted by Crippen LogP contribution is 2.22. The van der Waals surface area contributed by atoms with Gasteiger partial charge in [-0.25, -0.2) is 4.98 Å². The number of nitrogens with two attached hydrogens (primary N) is 1. The maximum atomic E-state index is 12.0. The Morgan fingerprint density at radius 3 is 2.87 bits per heavy atom. The largest absolute Gasteiger partial charge is 0.355 e. The van der Waals surface area contributed by atoms with Crippen LogP contribution in [0.5, 0.6) is 0 Å². The number of amides is 1. The number of halogens is 2. The summed E-state index contributed by atoms with van der Waals surface area (Å²) in [5.41, 5.74) is 6.56. The van der Waals surface area contributed by atoms with Crippen LogP contribution in [0.15, 0.2) is 5.38 Å². The summed E-state index contributed by atoms with van der Waals surface area (Å²) in [6.45, 7) is 8.13. The van der Waals surface area contributed by atoms with Crippen LogP contribution in [0.2, 0.25) is 0 Å². The van der Waals surface area contributed by atoms with Crippen LogP contribution in [-0.4, -0.2) is 42.0 Å². The number of thiazole rings is 1. The Hall–Kier alpha value is -0.400. The lowest BCUT2D eigenvalue weighted by atomic mass is 9.97. The zero-order valence-electron chi connectivity index (χ0n) is 13.8. The van der Waals surface area contributed by atoms with Crippen LogP contribution in [-0.2, 0) is 11.3 Å². The number of nitrogens with one attached hydrogen (secondary N) is 1. The molecule has 3 N–H and O–H groups in total. The first-order valence-corrected chi connectivity index (χ1v) is 8.62. The first kappa shape index (κ1) is 22.6. The van der Waals surface area contributed by atoms with Gasteiger partial charge in [-0.15, -0.1) is 36.2 Å². The standard InChI is InChI=1S/C15H26N4OS.2ClH/c1-11(2)15-18-13(10-21-15)9-19-7-3-4-12(8-19)14(20)17-6-5-16;;/h10-12H,3-9,16H2,1-2H3,(H,17,20);2*1H. The maximum absolute atomic E-state index is 12.0. The molecule has 1 fully saturated rings. The van der Waals surface area contributed by atoms with Gasteiger partial charge in [-0.05, 0) is 19.4 Å². The van der Waals surface area contributed by atoms with Crippen LogP contribution in [0.4, 0.5) is 0 Å². The molecule has 134 valence electrons. The molecule has 0 aromatic carbocycles. The van der Waals surface area contributed by atoms with Gasteiger partial charge in [0, 0.05) is 37.5 Å². The molecule has 1 unspecified atom stereocenters. The summed E-state index contributed by atoms with van der Waals surface area (Å²) < 4.78 is 0. The topological polar surface area (TPSA) is 71.2 Å². The molecule has 8 heteroatoms. The number of rotatable bonds is 6. The van der Waals surface area contributed by atoms with Crippen molar-refractivity contribution in [2.75, 3.05) is 26.2 Å². The van der Waals surface area contributed by atoms with E-state index < -0.39 is 0 Å². The maximum Gasteiger partial charge on any atom is 0.224 e. The van der Waals surface area contributed by atoms with Crippen molar-refractivity contribution < 1.29 is 4.79 Å². The van der Waals surface area contributed by atoms with Gasteiger partial charge >= 0.3 is 0 Å². The molecule has 2 heterocycles. The number of piperidine rings is 1. The third kappa shape index (κ3) is 6.93. The van der Waals surface area contributed by atoms with Crippen LogP contribution < -0.4 is 11.1 Å². The highest BCUT2D eigenvalue weighted by Gasteiger charge is 2.25. The third-order valence-electron chi connectivity index (χ3n) is 3.77. The summed E-state index contributed by atoms with van der Waals surface area (Å²) in [6.07, 6.45) is 2.04. The average molecular weight is 383 g/mol. The normalized spacial score (nSPS) is 18.2. The second-order valence-electron chi connectivity index (χ2n) is 5.99. The van der Waals surface area contributed by atoms with Crippen molar-refractivity contribution in [1.82, 2.24) is 15.2 Å². The fourth-order valence-electron chi connectivity index (χ4n) is 2.64. The second kappa shape index (κ2) is 11.2. The molecule has 1 aliphatic heterocycles. The van der Waals surface area contributed by atoms with E-state index in [1.807, 2.05) is 0 Å². The molecule has 5 nitrogen and oxygen atoms in total. The molecule has 1 aromatic heterocycles. The van der Waals surface area contributed by atoms with E-state index in [0.717, 1.165) is 38.2 Å². The third-order valence-corrected chi connectivity index (χ3v) is 4.96. The van der Waals surface area contributed by atoms with E-state index in [1.54, 1.807) is 11.3 Å². The molecular formula is C15H28Cl2N4OS. The van der Waals surface area contributed by atoms with Crippen molar-refractivity contribution >= 4 is 42.1 Å². The van der Waals surface area contributed by atoms with Gasteiger partial charge in [-0.2, -0.15) is 0 Å². The van der Waals surface area contributed by atoms with E-state index in [-0.39, 0.29) is 36.6 Å². The van der Waals surface area contributed by atoms with Gasteiger partial charge in [-0.3, -0.25) is 9.69 Å². The molecule has 2 rings (SSSR count). The van der Waals surface area contributed by atoms with Crippen molar-refractivity contribution in [3.63, 3.8) is 0 Å². The van der Waals surface area contributed by atoms with Gasteiger partial charge in [0.1, 0.15) is 0 Å². The van der Waals surface area contributed by atoms with Gasteiger partial charge in [0.15, 0.2) is 0 Å². The highest BCUT2D eigenvalue weighted by atomic mass is 35.5. The average Bonchev–Trinajstić information content (AvgIpc) is 2.94. The van der Waals surface area contributed by atoms with E-state index in [0.29, 0.717) is 19.0 Å². The zero-order valence-corrected chi connectivity index (χ0v) is 16.2. The zero-order chi connectivity index (χ0) is 15.2. The number of carbonyl (C=O) groups excluding carboxylic acids is 1. The van der Waals surface area contributed by atoms with Crippen molar-refractivity contribution in [1.29, 1.82) is 0 Å². The Bertz CT molecular complexity index is 470.